The number of sulfonamides is 1. The second kappa shape index (κ2) is 7.35. The van der Waals surface area contributed by atoms with E-state index in [0.717, 1.165) is 18.4 Å². The minimum Gasteiger partial charge on any atom is -0.310 e. The molecule has 0 aromatic heterocycles. The molecule has 0 aliphatic rings. The van der Waals surface area contributed by atoms with E-state index in [9.17, 15) is 16.8 Å². The van der Waals surface area contributed by atoms with Crippen LogP contribution in [-0.2, 0) is 19.9 Å². The summed E-state index contributed by atoms with van der Waals surface area (Å²) in [5, 5.41) is 3.21. The van der Waals surface area contributed by atoms with Crippen LogP contribution in [0.4, 0.5) is 0 Å². The Bertz CT molecular complexity index is 669. The average Bonchev–Trinajstić information content (AvgIpc) is 2.37. The maximum absolute atomic E-state index is 12.1. The molecular formula is C13H22N2O4S2. The largest absolute Gasteiger partial charge is 0.310 e. The first-order valence-electron chi connectivity index (χ1n) is 6.66. The monoisotopic (exact) mass is 334 g/mol. The van der Waals surface area contributed by atoms with Gasteiger partial charge >= 0.3 is 0 Å². The fraction of sp³-hybridized carbons (Fsp3) is 0.538. The number of hydrogen-bond donors (Lipinski definition) is 2. The molecule has 0 fully saturated rings. The van der Waals surface area contributed by atoms with Crippen molar-refractivity contribution < 1.29 is 16.8 Å². The van der Waals surface area contributed by atoms with Gasteiger partial charge in [0.15, 0.2) is 0 Å². The molecule has 0 saturated carbocycles. The molecule has 21 heavy (non-hydrogen) atoms. The Morgan fingerprint density at radius 3 is 2.43 bits per heavy atom. The molecule has 1 atom stereocenters. The number of sulfone groups is 1. The number of rotatable bonds is 8. The molecule has 1 unspecified atom stereocenters. The van der Waals surface area contributed by atoms with Crippen LogP contribution in [0.25, 0.3) is 0 Å². The molecular weight excluding hydrogens is 312 g/mol. The molecule has 1 aromatic carbocycles. The third-order valence-corrected chi connectivity index (χ3v) is 5.35. The van der Waals surface area contributed by atoms with E-state index in [-0.39, 0.29) is 23.2 Å². The predicted molar refractivity (Wildman–Crippen MR) is 83.4 cm³/mol. The van der Waals surface area contributed by atoms with Crippen LogP contribution in [-0.4, -0.2) is 41.9 Å². The third kappa shape index (κ3) is 6.13. The van der Waals surface area contributed by atoms with E-state index in [1.165, 1.54) is 6.07 Å². The van der Waals surface area contributed by atoms with Crippen molar-refractivity contribution >= 4 is 19.9 Å². The van der Waals surface area contributed by atoms with Crippen molar-refractivity contribution in [1.82, 2.24) is 10.0 Å². The second-order valence-electron chi connectivity index (χ2n) is 4.88. The first kappa shape index (κ1) is 18.1. The highest BCUT2D eigenvalue weighted by Crippen LogP contribution is 2.17. The Balaban J connectivity index is 2.86. The summed E-state index contributed by atoms with van der Waals surface area (Å²) in [5.41, 5.74) is 0.864. The standard InChI is InChI=1S/C13H22N2O4S2/c1-4-14-11(2)12-6-5-7-13(10-12)21(18,19)15-8-9-20(3,16)17/h5-7,10-11,14-15H,4,8-9H2,1-3H3. The van der Waals surface area contributed by atoms with E-state index < -0.39 is 19.9 Å². The van der Waals surface area contributed by atoms with E-state index in [1.807, 2.05) is 19.9 Å². The van der Waals surface area contributed by atoms with Crippen LogP contribution in [0, 0.1) is 0 Å². The van der Waals surface area contributed by atoms with Gasteiger partial charge in [-0.15, -0.1) is 0 Å². The van der Waals surface area contributed by atoms with Gasteiger partial charge in [0.25, 0.3) is 0 Å². The maximum atomic E-state index is 12.1. The number of benzene rings is 1. The maximum Gasteiger partial charge on any atom is 0.240 e. The van der Waals surface area contributed by atoms with Crippen molar-refractivity contribution in [2.75, 3.05) is 25.1 Å². The smallest absolute Gasteiger partial charge is 0.240 e. The molecule has 0 radical (unpaired) electrons. The molecule has 2 N–H and O–H groups in total. The first-order chi connectivity index (χ1) is 9.65. The van der Waals surface area contributed by atoms with E-state index in [2.05, 4.69) is 10.0 Å². The van der Waals surface area contributed by atoms with Crippen molar-refractivity contribution in [3.05, 3.63) is 29.8 Å². The molecule has 6 nitrogen and oxygen atoms in total. The van der Waals surface area contributed by atoms with E-state index in [1.54, 1.807) is 12.1 Å². The van der Waals surface area contributed by atoms with Gasteiger partial charge in [0.2, 0.25) is 10.0 Å². The van der Waals surface area contributed by atoms with Gasteiger partial charge in [-0.2, -0.15) is 0 Å². The van der Waals surface area contributed by atoms with Gasteiger partial charge in [-0.3, -0.25) is 0 Å². The quantitative estimate of drug-likeness (QED) is 0.729. The van der Waals surface area contributed by atoms with Gasteiger partial charge in [0.1, 0.15) is 9.84 Å². The Morgan fingerprint density at radius 1 is 1.19 bits per heavy atom. The highest BCUT2D eigenvalue weighted by molar-refractivity contribution is 7.91. The SMILES string of the molecule is CCNC(C)c1cccc(S(=O)(=O)NCCS(C)(=O)=O)c1. The molecule has 0 spiro atoms. The summed E-state index contributed by atoms with van der Waals surface area (Å²) >= 11 is 0. The summed E-state index contributed by atoms with van der Waals surface area (Å²) in [6.45, 7) is 4.58. The highest BCUT2D eigenvalue weighted by Gasteiger charge is 2.16. The Morgan fingerprint density at radius 2 is 1.86 bits per heavy atom. The average molecular weight is 334 g/mol. The van der Waals surface area contributed by atoms with Crippen molar-refractivity contribution in [1.29, 1.82) is 0 Å². The first-order valence-corrected chi connectivity index (χ1v) is 10.2. The van der Waals surface area contributed by atoms with Crippen molar-refractivity contribution in [3.8, 4) is 0 Å². The zero-order chi connectivity index (χ0) is 16.1. The molecule has 0 saturated heterocycles. The fourth-order valence-corrected chi connectivity index (χ4v) is 3.51. The zero-order valence-electron chi connectivity index (χ0n) is 12.5. The molecule has 1 aromatic rings. The highest BCUT2D eigenvalue weighted by atomic mass is 32.2. The molecule has 120 valence electrons. The van der Waals surface area contributed by atoms with Crippen LogP contribution < -0.4 is 10.0 Å². The van der Waals surface area contributed by atoms with Crippen molar-refractivity contribution in [2.45, 2.75) is 24.8 Å². The van der Waals surface area contributed by atoms with Crippen LogP contribution in [0.15, 0.2) is 29.2 Å². The lowest BCUT2D eigenvalue weighted by molar-refractivity contribution is 0.579. The Kier molecular flexibility index (Phi) is 6.33. The van der Waals surface area contributed by atoms with Crippen LogP contribution in [0.3, 0.4) is 0 Å². The van der Waals surface area contributed by atoms with Gasteiger partial charge in [-0.25, -0.2) is 21.6 Å². The summed E-state index contributed by atoms with van der Waals surface area (Å²) in [6, 6.07) is 6.65. The summed E-state index contributed by atoms with van der Waals surface area (Å²) in [7, 11) is -6.89. The van der Waals surface area contributed by atoms with Gasteiger partial charge in [0, 0.05) is 18.8 Å². The second-order valence-corrected chi connectivity index (χ2v) is 8.91. The lowest BCUT2D eigenvalue weighted by atomic mass is 10.1. The normalized spacial score (nSPS) is 14.0. The Hall–Kier alpha value is -0.960. The van der Waals surface area contributed by atoms with Crippen LogP contribution in [0.5, 0.6) is 0 Å². The van der Waals surface area contributed by atoms with Gasteiger partial charge in [-0.05, 0) is 31.2 Å². The molecule has 0 aliphatic heterocycles. The minimum absolute atomic E-state index is 0.0427. The molecule has 0 heterocycles. The van der Waals surface area contributed by atoms with Crippen LogP contribution >= 0.6 is 0 Å². The summed E-state index contributed by atoms with van der Waals surface area (Å²) in [4.78, 5) is 0.137. The van der Waals surface area contributed by atoms with Crippen LogP contribution in [0.1, 0.15) is 25.5 Å². The summed E-state index contributed by atoms with van der Waals surface area (Å²) in [6.07, 6.45) is 1.07. The molecule has 8 heteroatoms. The number of hydrogen-bond acceptors (Lipinski definition) is 5. The van der Waals surface area contributed by atoms with E-state index >= 15 is 0 Å². The van der Waals surface area contributed by atoms with E-state index in [0.29, 0.717) is 0 Å². The lowest BCUT2D eigenvalue weighted by Crippen LogP contribution is -2.29. The van der Waals surface area contributed by atoms with Crippen molar-refractivity contribution in [2.24, 2.45) is 0 Å². The minimum atomic E-state index is -3.70. The van der Waals surface area contributed by atoms with Crippen LogP contribution in [0.2, 0.25) is 0 Å². The fourth-order valence-electron chi connectivity index (χ4n) is 1.82. The predicted octanol–water partition coefficient (Wildman–Crippen LogP) is 0.680. The topological polar surface area (TPSA) is 92.3 Å². The lowest BCUT2D eigenvalue weighted by Gasteiger charge is -2.14. The molecule has 0 bridgehead atoms. The summed E-state index contributed by atoms with van der Waals surface area (Å²) in [5.74, 6) is -0.223. The third-order valence-electron chi connectivity index (χ3n) is 2.94. The van der Waals surface area contributed by atoms with Gasteiger partial charge in [-0.1, -0.05) is 19.1 Å². The molecule has 1 rings (SSSR count). The molecule has 0 aliphatic carbocycles. The van der Waals surface area contributed by atoms with Crippen molar-refractivity contribution in [3.63, 3.8) is 0 Å². The number of nitrogens with one attached hydrogen (secondary N) is 2. The summed E-state index contributed by atoms with van der Waals surface area (Å²) < 4.78 is 48.6. The van der Waals surface area contributed by atoms with Gasteiger partial charge < -0.3 is 5.32 Å². The molecule has 0 amide bonds. The Labute approximate surface area is 126 Å². The van der Waals surface area contributed by atoms with Gasteiger partial charge in [0.05, 0.1) is 10.6 Å². The van der Waals surface area contributed by atoms with E-state index in [4.69, 9.17) is 0 Å². The zero-order valence-corrected chi connectivity index (χ0v) is 14.1.